The lowest BCUT2D eigenvalue weighted by molar-refractivity contribution is 0.0536. The Morgan fingerprint density at radius 3 is 2.88 bits per heavy atom. The van der Waals surface area contributed by atoms with E-state index in [1.807, 2.05) is 6.92 Å². The van der Waals surface area contributed by atoms with Crippen LogP contribution in [-0.4, -0.2) is 41.5 Å². The summed E-state index contributed by atoms with van der Waals surface area (Å²) >= 11 is 0. The Balaban J connectivity index is 1.85. The van der Waals surface area contributed by atoms with E-state index < -0.39 is 17.2 Å². The van der Waals surface area contributed by atoms with Gasteiger partial charge in [-0.3, -0.25) is 14.7 Å². The second-order valence-corrected chi connectivity index (χ2v) is 6.29. The average Bonchev–Trinajstić information content (AvgIpc) is 3.16. The highest BCUT2D eigenvalue weighted by atomic mass is 19.1. The number of rotatable bonds is 3. The van der Waals surface area contributed by atoms with Crippen LogP contribution in [0.5, 0.6) is 0 Å². The van der Waals surface area contributed by atoms with Crippen LogP contribution < -0.4 is 10.5 Å². The van der Waals surface area contributed by atoms with Crippen molar-refractivity contribution in [3.05, 3.63) is 39.9 Å². The molecule has 4 rings (SSSR count). The molecule has 0 bridgehead atoms. The number of aryl methyl sites for hydroxylation is 1. The van der Waals surface area contributed by atoms with Gasteiger partial charge in [0.25, 0.3) is 0 Å². The van der Waals surface area contributed by atoms with Crippen molar-refractivity contribution in [1.29, 1.82) is 0 Å². The molecule has 0 aliphatic carbocycles. The molecule has 2 fully saturated rings. The summed E-state index contributed by atoms with van der Waals surface area (Å²) in [4.78, 5) is 29.4. The van der Waals surface area contributed by atoms with Gasteiger partial charge in [0.05, 0.1) is 25.3 Å². The van der Waals surface area contributed by atoms with Crippen molar-refractivity contribution >= 4 is 22.6 Å². The number of ether oxygens (including phenoxy) is 1. The first-order valence-corrected chi connectivity index (χ1v) is 8.11. The maximum Gasteiger partial charge on any atom is 0.341 e. The lowest BCUT2D eigenvalue weighted by Gasteiger charge is -2.20. The fraction of sp³-hybridized carbons (Fsp3) is 0.412. The van der Waals surface area contributed by atoms with Crippen LogP contribution in [0.4, 0.5) is 10.1 Å². The van der Waals surface area contributed by atoms with Crippen LogP contribution in [0.2, 0.25) is 0 Å². The Bertz CT molecular complexity index is 913. The highest BCUT2D eigenvalue weighted by molar-refractivity contribution is 5.93. The van der Waals surface area contributed by atoms with E-state index >= 15 is 0 Å². The number of hydrogen-bond donors (Lipinski definition) is 1. The molecule has 2 aromatic rings. The summed E-state index contributed by atoms with van der Waals surface area (Å²) in [6.45, 7) is 3.85. The quantitative estimate of drug-likeness (QED) is 0.908. The Hall–Kier alpha value is -2.45. The first kappa shape index (κ1) is 16.0. The maximum atomic E-state index is 14.6. The van der Waals surface area contributed by atoms with Crippen molar-refractivity contribution in [3.8, 4) is 0 Å². The first-order chi connectivity index (χ1) is 12.0. The molecule has 2 atom stereocenters. The van der Waals surface area contributed by atoms with Crippen LogP contribution >= 0.6 is 0 Å². The summed E-state index contributed by atoms with van der Waals surface area (Å²) in [5.41, 5.74) is -0.340. The molecule has 2 aliphatic rings. The van der Waals surface area contributed by atoms with Gasteiger partial charge >= 0.3 is 5.97 Å². The fourth-order valence-electron chi connectivity index (χ4n) is 3.44. The van der Waals surface area contributed by atoms with Gasteiger partial charge < -0.3 is 14.4 Å². The van der Waals surface area contributed by atoms with Gasteiger partial charge in [-0.25, -0.2) is 9.18 Å². The van der Waals surface area contributed by atoms with Gasteiger partial charge in [-0.1, -0.05) is 0 Å². The molecular weight excluding hydrogens is 331 g/mol. The zero-order chi connectivity index (χ0) is 17.7. The van der Waals surface area contributed by atoms with Crippen molar-refractivity contribution < 1.29 is 23.9 Å². The molecule has 8 heteroatoms. The number of carboxylic acids is 1. The molecule has 3 heterocycles. The predicted octanol–water partition coefficient (Wildman–Crippen LogP) is 1.63. The number of aromatic carboxylic acids is 1. The molecule has 25 heavy (non-hydrogen) atoms. The zero-order valence-corrected chi connectivity index (χ0v) is 13.6. The van der Waals surface area contributed by atoms with Crippen LogP contribution in [-0.2, 0) is 16.1 Å². The van der Waals surface area contributed by atoms with Gasteiger partial charge in [-0.05, 0) is 19.1 Å². The van der Waals surface area contributed by atoms with Gasteiger partial charge in [0.2, 0.25) is 5.43 Å². The molecule has 132 valence electrons. The number of fused-ring (bicyclic) bond motifs is 2. The number of anilines is 1. The van der Waals surface area contributed by atoms with E-state index in [9.17, 15) is 19.1 Å². The van der Waals surface area contributed by atoms with Crippen molar-refractivity contribution in [2.45, 2.75) is 19.6 Å². The third-order valence-electron chi connectivity index (χ3n) is 4.79. The minimum Gasteiger partial charge on any atom is -0.477 e. The van der Waals surface area contributed by atoms with Gasteiger partial charge in [0.15, 0.2) is 0 Å². The number of hydroxylamine groups is 1. The van der Waals surface area contributed by atoms with Crippen molar-refractivity contribution in [3.63, 3.8) is 0 Å². The van der Waals surface area contributed by atoms with E-state index in [2.05, 4.69) is 0 Å². The van der Waals surface area contributed by atoms with Crippen LogP contribution in [0.15, 0.2) is 23.1 Å². The molecule has 7 nitrogen and oxygen atoms in total. The monoisotopic (exact) mass is 348 g/mol. The topological polar surface area (TPSA) is 81.0 Å². The maximum absolute atomic E-state index is 14.6. The van der Waals surface area contributed by atoms with E-state index in [1.165, 1.54) is 11.3 Å². The number of carbonyl (C=O) groups is 1. The Labute approximate surface area is 142 Å². The zero-order valence-electron chi connectivity index (χ0n) is 13.6. The fourth-order valence-corrected chi connectivity index (χ4v) is 3.44. The standard InChI is InChI=1S/C17H17FN2O5/c1-2-19-6-11(17(22)23)16(21)10-3-12(18)14(4-13(10)19)20-5-9-7-24-8-15(9)25-20/h3-4,6,9,15H,2,5,7-8H2,1H3,(H,22,23). The van der Waals surface area contributed by atoms with Gasteiger partial charge in [0, 0.05) is 24.0 Å². The largest absolute Gasteiger partial charge is 0.477 e. The first-order valence-electron chi connectivity index (χ1n) is 8.11. The van der Waals surface area contributed by atoms with Gasteiger partial charge in [-0.15, -0.1) is 0 Å². The lowest BCUT2D eigenvalue weighted by atomic mass is 10.1. The molecule has 0 amide bonds. The number of hydrogen-bond acceptors (Lipinski definition) is 5. The van der Waals surface area contributed by atoms with E-state index in [0.717, 1.165) is 6.07 Å². The van der Waals surface area contributed by atoms with E-state index in [1.54, 1.807) is 10.6 Å². The third-order valence-corrected chi connectivity index (χ3v) is 4.79. The molecule has 0 spiro atoms. The predicted molar refractivity (Wildman–Crippen MR) is 87.3 cm³/mol. The highest BCUT2D eigenvalue weighted by Crippen LogP contribution is 2.33. The summed E-state index contributed by atoms with van der Waals surface area (Å²) < 4.78 is 21.6. The molecule has 2 saturated heterocycles. The van der Waals surface area contributed by atoms with Crippen LogP contribution in [0, 0.1) is 11.7 Å². The van der Waals surface area contributed by atoms with Crippen LogP contribution in [0.25, 0.3) is 10.9 Å². The minimum atomic E-state index is -1.32. The molecule has 2 aliphatic heterocycles. The number of halogens is 1. The normalized spacial score (nSPS) is 22.6. The summed E-state index contributed by atoms with van der Waals surface area (Å²) in [7, 11) is 0. The number of nitrogens with zero attached hydrogens (tertiary/aromatic N) is 2. The third kappa shape index (κ3) is 2.49. The molecule has 1 aromatic carbocycles. The smallest absolute Gasteiger partial charge is 0.341 e. The Morgan fingerprint density at radius 1 is 1.40 bits per heavy atom. The van der Waals surface area contributed by atoms with Crippen molar-refractivity contribution in [2.75, 3.05) is 24.8 Å². The Kier molecular flexibility index (Phi) is 3.73. The van der Waals surface area contributed by atoms with Crippen LogP contribution in [0.1, 0.15) is 17.3 Å². The van der Waals surface area contributed by atoms with Gasteiger partial charge in [0.1, 0.15) is 23.2 Å². The van der Waals surface area contributed by atoms with Gasteiger partial charge in [-0.2, -0.15) is 0 Å². The van der Waals surface area contributed by atoms with E-state index in [0.29, 0.717) is 31.8 Å². The average molecular weight is 348 g/mol. The SMILES string of the molecule is CCn1cc(C(=O)O)c(=O)c2cc(F)c(N3CC4COCC4O3)cc21. The number of aromatic nitrogens is 1. The molecule has 1 aromatic heterocycles. The molecular formula is C17H17FN2O5. The second kappa shape index (κ2) is 5.82. The van der Waals surface area contributed by atoms with Crippen LogP contribution in [0.3, 0.4) is 0 Å². The molecule has 0 saturated carbocycles. The number of benzene rings is 1. The molecule has 1 N–H and O–H groups in total. The summed E-state index contributed by atoms with van der Waals surface area (Å²) in [5, 5.41) is 10.7. The van der Waals surface area contributed by atoms with E-state index in [-0.39, 0.29) is 28.7 Å². The summed E-state index contributed by atoms with van der Waals surface area (Å²) in [6, 6.07) is 2.64. The molecule has 2 unspecified atom stereocenters. The van der Waals surface area contributed by atoms with Crippen molar-refractivity contribution in [2.24, 2.45) is 5.92 Å². The molecule has 0 radical (unpaired) electrons. The van der Waals surface area contributed by atoms with Crippen molar-refractivity contribution in [1.82, 2.24) is 4.57 Å². The highest BCUT2D eigenvalue weighted by Gasteiger charge is 2.40. The number of carboxylic acid groups (broad SMARTS) is 1. The van der Waals surface area contributed by atoms with E-state index in [4.69, 9.17) is 9.57 Å². The summed E-state index contributed by atoms with van der Waals surface area (Å²) in [5.74, 6) is -1.75. The lowest BCUT2D eigenvalue weighted by Crippen LogP contribution is -2.23. The minimum absolute atomic E-state index is 0.0470. The number of pyridine rings is 1. The second-order valence-electron chi connectivity index (χ2n) is 6.29. The Morgan fingerprint density at radius 2 is 2.20 bits per heavy atom. The summed E-state index contributed by atoms with van der Waals surface area (Å²) in [6.07, 6.45) is 1.21.